The number of piperazine rings is 2. The van der Waals surface area contributed by atoms with E-state index in [0.29, 0.717) is 23.5 Å². The zero-order valence-electron chi connectivity index (χ0n) is 25.3. The zero-order chi connectivity index (χ0) is 31.6. The normalized spacial score (nSPS) is 19.9. The largest absolute Gasteiger partial charge is 0.496 e. The van der Waals surface area contributed by atoms with Gasteiger partial charge in [0, 0.05) is 62.8 Å². The summed E-state index contributed by atoms with van der Waals surface area (Å²) in [7, 11) is 1.55. The van der Waals surface area contributed by atoms with E-state index in [4.69, 9.17) is 4.74 Å². The number of carbonyl (C=O) groups is 1. The van der Waals surface area contributed by atoms with Gasteiger partial charge >= 0.3 is 6.18 Å². The van der Waals surface area contributed by atoms with Gasteiger partial charge in [0.15, 0.2) is 0 Å². The van der Waals surface area contributed by atoms with Crippen molar-refractivity contribution in [3.05, 3.63) is 101 Å². The first-order valence-electron chi connectivity index (χ1n) is 15.0. The number of benzene rings is 3. The van der Waals surface area contributed by atoms with Gasteiger partial charge in [0.25, 0.3) is 5.82 Å². The Morgan fingerprint density at radius 2 is 1.60 bits per heavy atom. The molecule has 236 valence electrons. The Morgan fingerprint density at radius 1 is 0.933 bits per heavy atom. The van der Waals surface area contributed by atoms with Gasteiger partial charge in [0.2, 0.25) is 0 Å². The van der Waals surface area contributed by atoms with Crippen LogP contribution in [0.25, 0.3) is 5.69 Å². The van der Waals surface area contributed by atoms with Crippen LogP contribution >= 0.6 is 0 Å². The minimum absolute atomic E-state index is 0.0841. The average molecular weight is 620 g/mol. The molecule has 12 heteroatoms. The van der Waals surface area contributed by atoms with Gasteiger partial charge in [-0.1, -0.05) is 60.7 Å². The van der Waals surface area contributed by atoms with Crippen molar-refractivity contribution >= 4 is 5.78 Å². The molecule has 2 fully saturated rings. The molecule has 4 aromatic rings. The molecule has 2 aliphatic rings. The number of fused-ring (bicyclic) bond motifs is 1. The lowest BCUT2D eigenvalue weighted by Gasteiger charge is -2.53. The second-order valence-electron chi connectivity index (χ2n) is 11.8. The Bertz CT molecular complexity index is 1560. The molecule has 0 amide bonds. The number of rotatable bonds is 9. The van der Waals surface area contributed by atoms with Crippen molar-refractivity contribution in [1.82, 2.24) is 34.9 Å². The van der Waals surface area contributed by atoms with Gasteiger partial charge in [-0.15, -0.1) is 5.10 Å². The zero-order valence-corrected chi connectivity index (χ0v) is 25.3. The number of aromatic nitrogens is 4. The monoisotopic (exact) mass is 619 g/mol. The number of hydrogen-bond acceptors (Lipinski definition) is 8. The highest BCUT2D eigenvalue weighted by atomic mass is 19.4. The van der Waals surface area contributed by atoms with Crippen LogP contribution in [0.1, 0.15) is 35.4 Å². The maximum atomic E-state index is 13.6. The Morgan fingerprint density at radius 3 is 2.22 bits per heavy atom. The first kappa shape index (κ1) is 30.9. The Hall–Kier alpha value is -4.13. The van der Waals surface area contributed by atoms with Gasteiger partial charge in [-0.05, 0) is 46.7 Å². The molecule has 2 saturated heterocycles. The second kappa shape index (κ2) is 13.1. The third-order valence-corrected chi connectivity index (χ3v) is 8.73. The van der Waals surface area contributed by atoms with E-state index >= 15 is 0 Å². The number of carbonyl (C=O) groups excluding carboxylic acids is 1. The standard InChI is InChI=1S/C33H36F3N7O2/c1-23(44)18-40-15-16-42-28(20-40)21-41(22-29(42)31(24-9-5-3-6-10-24)25-11-7-4-8-12-25)19-26-17-27(13-14-30(26)45-2)43-32(33(34,35)36)37-38-39-43/h3-14,17,28-29,31H,15-16,18-22H2,1-2H3/t28-,29-/m0/s1. The van der Waals surface area contributed by atoms with Crippen molar-refractivity contribution in [3.63, 3.8) is 0 Å². The summed E-state index contributed by atoms with van der Waals surface area (Å²) in [5, 5.41) is 10.1. The minimum Gasteiger partial charge on any atom is -0.496 e. The Balaban J connectivity index is 1.36. The van der Waals surface area contributed by atoms with Crippen molar-refractivity contribution < 1.29 is 22.7 Å². The summed E-state index contributed by atoms with van der Waals surface area (Å²) >= 11 is 0. The van der Waals surface area contributed by atoms with Crippen molar-refractivity contribution in [1.29, 1.82) is 0 Å². The summed E-state index contributed by atoms with van der Waals surface area (Å²) < 4.78 is 47.3. The van der Waals surface area contributed by atoms with E-state index in [9.17, 15) is 18.0 Å². The van der Waals surface area contributed by atoms with Crippen LogP contribution < -0.4 is 4.74 Å². The highest BCUT2D eigenvalue weighted by molar-refractivity contribution is 5.77. The lowest BCUT2D eigenvalue weighted by Crippen LogP contribution is -2.67. The molecule has 0 spiro atoms. The molecule has 0 aliphatic carbocycles. The van der Waals surface area contributed by atoms with Gasteiger partial charge in [0.05, 0.1) is 19.3 Å². The fraction of sp³-hybridized carbons (Fsp3) is 0.394. The molecule has 0 saturated carbocycles. The number of hydrogen-bond donors (Lipinski definition) is 0. The van der Waals surface area contributed by atoms with Crippen LogP contribution in [-0.2, 0) is 17.5 Å². The maximum absolute atomic E-state index is 13.6. The predicted octanol–water partition coefficient (Wildman–Crippen LogP) is 4.28. The van der Waals surface area contributed by atoms with Gasteiger partial charge in [-0.3, -0.25) is 19.5 Å². The number of nitrogens with zero attached hydrogens (tertiary/aromatic N) is 7. The molecule has 3 heterocycles. The molecular weight excluding hydrogens is 583 g/mol. The summed E-state index contributed by atoms with van der Waals surface area (Å²) in [4.78, 5) is 19.2. The fourth-order valence-corrected chi connectivity index (χ4v) is 6.92. The van der Waals surface area contributed by atoms with Crippen molar-refractivity contribution in [2.75, 3.05) is 46.4 Å². The van der Waals surface area contributed by atoms with E-state index in [1.54, 1.807) is 26.2 Å². The van der Waals surface area contributed by atoms with Gasteiger partial charge in [0.1, 0.15) is 11.5 Å². The highest BCUT2D eigenvalue weighted by Gasteiger charge is 2.43. The van der Waals surface area contributed by atoms with E-state index in [-0.39, 0.29) is 29.5 Å². The molecule has 2 aliphatic heterocycles. The Labute approximate surface area is 260 Å². The quantitative estimate of drug-likeness (QED) is 0.275. The van der Waals surface area contributed by atoms with E-state index in [1.165, 1.54) is 17.2 Å². The molecule has 3 aromatic carbocycles. The lowest BCUT2D eigenvalue weighted by molar-refractivity contribution is -0.146. The lowest BCUT2D eigenvalue weighted by atomic mass is 9.81. The summed E-state index contributed by atoms with van der Waals surface area (Å²) in [5.74, 6) is -0.389. The number of ketones is 1. The van der Waals surface area contributed by atoms with Crippen LogP contribution in [0.3, 0.4) is 0 Å². The molecule has 2 atom stereocenters. The molecule has 0 bridgehead atoms. The van der Waals surface area contributed by atoms with E-state index in [1.807, 2.05) is 12.1 Å². The van der Waals surface area contributed by atoms with Crippen LogP contribution in [0.2, 0.25) is 0 Å². The third kappa shape index (κ3) is 6.77. The number of Topliss-reactive ketones (excluding diaryl/α,β-unsaturated/α-hetero) is 1. The van der Waals surface area contributed by atoms with Crippen LogP contribution in [0.15, 0.2) is 78.9 Å². The van der Waals surface area contributed by atoms with Crippen LogP contribution in [0.4, 0.5) is 13.2 Å². The number of alkyl halides is 3. The van der Waals surface area contributed by atoms with E-state index in [0.717, 1.165) is 38.3 Å². The molecule has 6 rings (SSSR count). The molecule has 0 unspecified atom stereocenters. The second-order valence-corrected chi connectivity index (χ2v) is 11.8. The molecular formula is C33H36F3N7O2. The minimum atomic E-state index is -4.70. The Kier molecular flexibility index (Phi) is 8.97. The summed E-state index contributed by atoms with van der Waals surface area (Å²) in [6, 6.07) is 26.1. The van der Waals surface area contributed by atoms with Crippen LogP contribution in [0.5, 0.6) is 5.75 Å². The predicted molar refractivity (Wildman–Crippen MR) is 162 cm³/mol. The number of methoxy groups -OCH3 is 1. The average Bonchev–Trinajstić information content (AvgIpc) is 3.53. The van der Waals surface area contributed by atoms with Gasteiger partial charge < -0.3 is 4.74 Å². The molecule has 1 aromatic heterocycles. The maximum Gasteiger partial charge on any atom is 0.453 e. The number of ether oxygens (including phenoxy) is 1. The van der Waals surface area contributed by atoms with Crippen molar-refractivity contribution in [2.24, 2.45) is 0 Å². The summed E-state index contributed by atoms with van der Waals surface area (Å²) in [6.45, 7) is 6.34. The van der Waals surface area contributed by atoms with Crippen LogP contribution in [-0.4, -0.2) is 99.2 Å². The topological polar surface area (TPSA) is 79.6 Å². The van der Waals surface area contributed by atoms with Crippen LogP contribution in [0, 0.1) is 0 Å². The molecule has 45 heavy (non-hydrogen) atoms. The van der Waals surface area contributed by atoms with Gasteiger partial charge in [-0.2, -0.15) is 17.9 Å². The summed E-state index contributed by atoms with van der Waals surface area (Å²) in [5.41, 5.74) is 3.38. The summed E-state index contributed by atoms with van der Waals surface area (Å²) in [6.07, 6.45) is -4.70. The number of tetrazole rings is 1. The fourth-order valence-electron chi connectivity index (χ4n) is 6.92. The highest BCUT2D eigenvalue weighted by Crippen LogP contribution is 2.37. The van der Waals surface area contributed by atoms with Crippen molar-refractivity contribution in [2.45, 2.75) is 37.6 Å². The smallest absolute Gasteiger partial charge is 0.453 e. The van der Waals surface area contributed by atoms with E-state index in [2.05, 4.69) is 78.8 Å². The first-order chi connectivity index (χ1) is 21.7. The van der Waals surface area contributed by atoms with Gasteiger partial charge in [-0.25, -0.2) is 0 Å². The molecule has 0 radical (unpaired) electrons. The first-order valence-corrected chi connectivity index (χ1v) is 15.0. The van der Waals surface area contributed by atoms with E-state index < -0.39 is 12.0 Å². The molecule has 0 N–H and O–H groups in total. The molecule has 9 nitrogen and oxygen atoms in total. The number of halogens is 3. The third-order valence-electron chi connectivity index (χ3n) is 8.73. The van der Waals surface area contributed by atoms with Crippen molar-refractivity contribution in [3.8, 4) is 11.4 Å². The SMILES string of the molecule is COc1ccc(-n2nnnc2C(F)(F)F)cc1CN1C[C@@H]2CN(CC(C)=O)CCN2[C@H](C(c2ccccc2)c2ccccc2)C1.